The molecule has 0 saturated heterocycles. The van der Waals surface area contributed by atoms with Gasteiger partial charge in [-0.3, -0.25) is 15.5 Å². The fourth-order valence-corrected chi connectivity index (χ4v) is 1.50. The van der Waals surface area contributed by atoms with Crippen LogP contribution in [0.1, 0.15) is 0 Å². The number of rotatable bonds is 4. The Morgan fingerprint density at radius 3 is 2.09 bits per heavy atom. The number of non-ortho nitro benzene ring substituents is 1. The smallest absolute Gasteiger partial charge is 0.260 e. The predicted octanol–water partition coefficient (Wildman–Crippen LogP) is 4.40. The summed E-state index contributed by atoms with van der Waals surface area (Å²) in [6.45, 7) is 0. The first kappa shape index (κ1) is 16.3. The van der Waals surface area contributed by atoms with Gasteiger partial charge in [-0.1, -0.05) is 11.3 Å². The normalized spacial score (nSPS) is 11.0. The van der Waals surface area contributed by atoms with Crippen LogP contribution < -0.4 is 5.43 Å². The van der Waals surface area contributed by atoms with Crippen LogP contribution in [0.5, 0.6) is 0 Å². The molecule has 0 unspecified atom stereocenters. The van der Waals surface area contributed by atoms with Crippen molar-refractivity contribution in [1.29, 1.82) is 0 Å². The Labute approximate surface area is 124 Å². The Balaban J connectivity index is 2.28. The van der Waals surface area contributed by atoms with E-state index in [1.807, 2.05) is 0 Å². The minimum absolute atomic E-state index is 0.0202. The Morgan fingerprint density at radius 1 is 0.957 bits per heavy atom. The van der Waals surface area contributed by atoms with Gasteiger partial charge in [0.05, 0.1) is 10.6 Å². The van der Waals surface area contributed by atoms with E-state index in [0.29, 0.717) is 0 Å². The fourth-order valence-electron chi connectivity index (χ4n) is 1.50. The first-order valence-corrected chi connectivity index (χ1v) is 5.75. The zero-order chi connectivity index (χ0) is 17.1. The molecule has 23 heavy (non-hydrogen) atoms. The van der Waals surface area contributed by atoms with Gasteiger partial charge in [0.2, 0.25) is 5.82 Å². The molecular weight excluding hydrogens is 327 g/mol. The van der Waals surface area contributed by atoms with Crippen molar-refractivity contribution in [3.8, 4) is 0 Å². The van der Waals surface area contributed by atoms with Gasteiger partial charge in [0.1, 0.15) is 0 Å². The second-order valence-electron chi connectivity index (χ2n) is 4.04. The summed E-state index contributed by atoms with van der Waals surface area (Å²) in [4.78, 5) is 9.85. The van der Waals surface area contributed by atoms with Gasteiger partial charge in [-0.2, -0.15) is 0 Å². The standard InChI is InChI=1S/C12H5F5N4O2/c13-7-8(14)10(16)12(11(17)9(7)15)19-20-18-5-2-1-3-6(4-5)21(22)23/h1-4H,(H,18,19). The highest BCUT2D eigenvalue weighted by atomic mass is 19.2. The minimum atomic E-state index is -2.31. The molecule has 1 N–H and O–H groups in total. The number of nitro benzene ring substituents is 1. The summed E-state index contributed by atoms with van der Waals surface area (Å²) in [6, 6.07) is 4.79. The highest BCUT2D eigenvalue weighted by molar-refractivity contribution is 5.50. The van der Waals surface area contributed by atoms with Gasteiger partial charge < -0.3 is 0 Å². The van der Waals surface area contributed by atoms with E-state index in [1.165, 1.54) is 18.2 Å². The average molecular weight is 332 g/mol. The molecule has 0 amide bonds. The van der Waals surface area contributed by atoms with Crippen LogP contribution in [0.4, 0.5) is 39.0 Å². The summed E-state index contributed by atoms with van der Waals surface area (Å²) in [6.07, 6.45) is 0. The zero-order valence-corrected chi connectivity index (χ0v) is 10.9. The number of halogens is 5. The highest BCUT2D eigenvalue weighted by Gasteiger charge is 2.25. The number of nitrogens with zero attached hydrogens (tertiary/aromatic N) is 3. The van der Waals surface area contributed by atoms with Crippen LogP contribution in [0.25, 0.3) is 0 Å². The molecule has 2 aromatic carbocycles. The van der Waals surface area contributed by atoms with Crippen molar-refractivity contribution in [2.24, 2.45) is 10.3 Å². The van der Waals surface area contributed by atoms with Gasteiger partial charge >= 0.3 is 0 Å². The Morgan fingerprint density at radius 2 is 1.52 bits per heavy atom. The fraction of sp³-hybridized carbons (Fsp3) is 0. The third-order valence-electron chi connectivity index (χ3n) is 2.57. The molecule has 0 spiro atoms. The lowest BCUT2D eigenvalue weighted by Crippen LogP contribution is -2.00. The summed E-state index contributed by atoms with van der Waals surface area (Å²) in [5, 5.41) is 16.5. The third kappa shape index (κ3) is 3.22. The zero-order valence-electron chi connectivity index (χ0n) is 10.9. The van der Waals surface area contributed by atoms with E-state index in [-0.39, 0.29) is 11.4 Å². The van der Waals surface area contributed by atoms with E-state index in [1.54, 1.807) is 0 Å². The van der Waals surface area contributed by atoms with Crippen LogP contribution in [0.15, 0.2) is 34.6 Å². The van der Waals surface area contributed by atoms with Crippen LogP contribution in [0.3, 0.4) is 0 Å². The highest BCUT2D eigenvalue weighted by Crippen LogP contribution is 2.29. The van der Waals surface area contributed by atoms with Crippen molar-refractivity contribution in [3.63, 3.8) is 0 Å². The average Bonchev–Trinajstić information content (AvgIpc) is 2.54. The number of hydrogen-bond acceptors (Lipinski definition) is 4. The van der Waals surface area contributed by atoms with Gasteiger partial charge in [-0.25, -0.2) is 22.0 Å². The van der Waals surface area contributed by atoms with Gasteiger partial charge in [0.25, 0.3) is 5.69 Å². The van der Waals surface area contributed by atoms with E-state index in [0.717, 1.165) is 6.07 Å². The van der Waals surface area contributed by atoms with E-state index in [9.17, 15) is 32.1 Å². The van der Waals surface area contributed by atoms with Crippen molar-refractivity contribution in [3.05, 3.63) is 63.5 Å². The maximum absolute atomic E-state index is 13.3. The second-order valence-corrected chi connectivity index (χ2v) is 4.04. The quantitative estimate of drug-likeness (QED) is 0.225. The maximum atomic E-state index is 13.3. The van der Waals surface area contributed by atoms with Gasteiger partial charge in [-0.05, 0) is 6.07 Å². The molecular formula is C12H5F5N4O2. The van der Waals surface area contributed by atoms with Crippen LogP contribution in [-0.4, -0.2) is 4.92 Å². The van der Waals surface area contributed by atoms with Gasteiger partial charge in [0, 0.05) is 12.1 Å². The van der Waals surface area contributed by atoms with Gasteiger partial charge in [-0.15, -0.1) is 5.11 Å². The number of benzene rings is 2. The molecule has 6 nitrogen and oxygen atoms in total. The van der Waals surface area contributed by atoms with E-state index in [2.05, 4.69) is 15.8 Å². The molecule has 120 valence electrons. The molecule has 0 aromatic heterocycles. The number of nitro groups is 1. The number of hydrogen-bond donors (Lipinski definition) is 1. The predicted molar refractivity (Wildman–Crippen MR) is 67.5 cm³/mol. The summed E-state index contributed by atoms with van der Waals surface area (Å²) in [7, 11) is 0. The largest absolute Gasteiger partial charge is 0.271 e. The Bertz CT molecular complexity index is 783. The second kappa shape index (κ2) is 6.34. The molecule has 0 heterocycles. The van der Waals surface area contributed by atoms with Crippen molar-refractivity contribution < 1.29 is 26.9 Å². The van der Waals surface area contributed by atoms with Crippen LogP contribution in [0, 0.1) is 39.2 Å². The van der Waals surface area contributed by atoms with Crippen LogP contribution in [-0.2, 0) is 0 Å². The summed E-state index contributed by atoms with van der Waals surface area (Å²) < 4.78 is 65.3. The topological polar surface area (TPSA) is 79.9 Å². The molecule has 0 aliphatic carbocycles. The summed E-state index contributed by atoms with van der Waals surface area (Å²) in [5.41, 5.74) is 0.308. The molecule has 11 heteroatoms. The Kier molecular flexibility index (Phi) is 4.48. The monoisotopic (exact) mass is 332 g/mol. The summed E-state index contributed by atoms with van der Waals surface area (Å²) in [5.74, 6) is -10.9. The first-order chi connectivity index (χ1) is 10.8. The molecule has 2 aromatic rings. The number of nitrogens with one attached hydrogen (secondary N) is 1. The van der Waals surface area contributed by atoms with E-state index in [4.69, 9.17) is 0 Å². The van der Waals surface area contributed by atoms with Crippen molar-refractivity contribution in [2.75, 3.05) is 5.43 Å². The maximum Gasteiger partial charge on any atom is 0.271 e. The van der Waals surface area contributed by atoms with Crippen molar-refractivity contribution in [2.45, 2.75) is 0 Å². The Hall–Kier alpha value is -3.11. The third-order valence-corrected chi connectivity index (χ3v) is 2.57. The van der Waals surface area contributed by atoms with E-state index < -0.39 is 39.7 Å². The molecule has 0 atom stereocenters. The summed E-state index contributed by atoms with van der Waals surface area (Å²) >= 11 is 0. The molecule has 2 rings (SSSR count). The van der Waals surface area contributed by atoms with Crippen molar-refractivity contribution in [1.82, 2.24) is 0 Å². The molecule has 0 bridgehead atoms. The SMILES string of the molecule is O=[N+]([O-])c1cccc(NN=Nc2c(F)c(F)c(F)c(F)c2F)c1. The van der Waals surface area contributed by atoms with Gasteiger partial charge in [0.15, 0.2) is 29.0 Å². The van der Waals surface area contributed by atoms with Crippen LogP contribution in [0.2, 0.25) is 0 Å². The lowest BCUT2D eigenvalue weighted by Gasteiger charge is -2.03. The number of anilines is 1. The molecule has 0 aliphatic heterocycles. The lowest BCUT2D eigenvalue weighted by molar-refractivity contribution is -0.384. The molecule has 0 saturated carbocycles. The first-order valence-electron chi connectivity index (χ1n) is 5.75. The lowest BCUT2D eigenvalue weighted by atomic mass is 10.2. The van der Waals surface area contributed by atoms with E-state index >= 15 is 0 Å². The molecule has 0 radical (unpaired) electrons. The molecule has 0 fully saturated rings. The minimum Gasteiger partial charge on any atom is -0.260 e. The van der Waals surface area contributed by atoms with Crippen LogP contribution >= 0.6 is 0 Å². The van der Waals surface area contributed by atoms with Crippen molar-refractivity contribution >= 4 is 17.1 Å². The molecule has 0 aliphatic rings.